The van der Waals surface area contributed by atoms with Crippen molar-refractivity contribution in [3.63, 3.8) is 0 Å². The lowest BCUT2D eigenvalue weighted by atomic mass is 10.1. The van der Waals surface area contributed by atoms with Gasteiger partial charge in [0, 0.05) is 26.1 Å². The number of hydrogen-bond acceptors (Lipinski definition) is 4. The van der Waals surface area contributed by atoms with E-state index in [1.807, 2.05) is 4.90 Å². The molecule has 0 aliphatic heterocycles. The van der Waals surface area contributed by atoms with Crippen molar-refractivity contribution in [3.8, 4) is 11.5 Å². The van der Waals surface area contributed by atoms with Gasteiger partial charge in [-0.1, -0.05) is 13.8 Å². The maximum Gasteiger partial charge on any atom is 0.219 e. The van der Waals surface area contributed by atoms with Crippen LogP contribution in [0.25, 0.3) is 0 Å². The van der Waals surface area contributed by atoms with Crippen LogP contribution in [0.2, 0.25) is 0 Å². The van der Waals surface area contributed by atoms with E-state index in [0.717, 1.165) is 44.6 Å². The quantitative estimate of drug-likeness (QED) is 0.615. The van der Waals surface area contributed by atoms with Crippen LogP contribution in [-0.2, 0) is 4.79 Å². The minimum absolute atomic E-state index is 0.161. The maximum atomic E-state index is 11.7. The summed E-state index contributed by atoms with van der Waals surface area (Å²) in [5.74, 6) is 1.15. The van der Waals surface area contributed by atoms with Gasteiger partial charge in [0.25, 0.3) is 0 Å². The summed E-state index contributed by atoms with van der Waals surface area (Å²) < 4.78 is 5.58. The summed E-state index contributed by atoms with van der Waals surface area (Å²) in [6.07, 6.45) is 2.92. The lowest BCUT2D eigenvalue weighted by molar-refractivity contribution is -0.131. The average molecular weight is 322 g/mol. The normalized spacial score (nSPS) is 12.0. The molecule has 0 aliphatic rings. The molecule has 2 N–H and O–H groups in total. The van der Waals surface area contributed by atoms with Gasteiger partial charge in [-0.2, -0.15) is 0 Å². The lowest BCUT2D eigenvalue weighted by Gasteiger charge is -2.30. The van der Waals surface area contributed by atoms with Crippen molar-refractivity contribution in [1.82, 2.24) is 10.2 Å². The van der Waals surface area contributed by atoms with Gasteiger partial charge in [-0.05, 0) is 50.1 Å². The fourth-order valence-corrected chi connectivity index (χ4v) is 2.60. The number of nitrogens with zero attached hydrogens (tertiary/aromatic N) is 1. The molecule has 0 saturated carbocycles. The van der Waals surface area contributed by atoms with E-state index in [2.05, 4.69) is 19.2 Å². The third kappa shape index (κ3) is 7.37. The Hall–Kier alpha value is -1.75. The first-order valence-electron chi connectivity index (χ1n) is 8.48. The van der Waals surface area contributed by atoms with Crippen LogP contribution in [-0.4, -0.2) is 48.2 Å². The molecule has 1 aromatic carbocycles. The second kappa shape index (κ2) is 10.9. The smallest absolute Gasteiger partial charge is 0.219 e. The van der Waals surface area contributed by atoms with Crippen LogP contribution in [0.4, 0.5) is 0 Å². The standard InChI is InChI=1S/C18H30N2O3/c1-4-13-20(15(3)21)16(5-2)10-11-19-12-14-23-18-8-6-17(22)7-9-18/h6-9,16,19,22H,4-5,10-14H2,1-3H3/t16-/m1/s1. The number of aromatic hydroxyl groups is 1. The van der Waals surface area contributed by atoms with Crippen LogP contribution < -0.4 is 10.1 Å². The van der Waals surface area contributed by atoms with Crippen LogP contribution >= 0.6 is 0 Å². The Balaban J connectivity index is 2.21. The summed E-state index contributed by atoms with van der Waals surface area (Å²) in [5, 5.41) is 12.6. The minimum atomic E-state index is 0.161. The maximum absolute atomic E-state index is 11.7. The Morgan fingerprint density at radius 3 is 2.52 bits per heavy atom. The van der Waals surface area contributed by atoms with Crippen molar-refractivity contribution in [2.75, 3.05) is 26.2 Å². The van der Waals surface area contributed by atoms with Gasteiger partial charge < -0.3 is 20.1 Å². The van der Waals surface area contributed by atoms with E-state index in [4.69, 9.17) is 4.74 Å². The number of carbonyl (C=O) groups excluding carboxylic acids is 1. The van der Waals surface area contributed by atoms with Crippen LogP contribution in [0.1, 0.15) is 40.0 Å². The second-order valence-electron chi connectivity index (χ2n) is 5.66. The number of benzene rings is 1. The Kier molecular flexibility index (Phi) is 9.14. The first-order chi connectivity index (χ1) is 11.1. The molecular formula is C18H30N2O3. The van der Waals surface area contributed by atoms with E-state index >= 15 is 0 Å². The summed E-state index contributed by atoms with van der Waals surface area (Å²) in [6.45, 7) is 8.91. The van der Waals surface area contributed by atoms with Crippen molar-refractivity contribution in [2.45, 2.75) is 46.1 Å². The molecule has 0 spiro atoms. The molecular weight excluding hydrogens is 292 g/mol. The molecule has 0 bridgehead atoms. The Bertz CT molecular complexity index is 448. The number of phenols is 1. The number of phenolic OH excluding ortho intramolecular Hbond substituents is 1. The van der Waals surface area contributed by atoms with E-state index in [1.54, 1.807) is 31.2 Å². The van der Waals surface area contributed by atoms with Gasteiger partial charge in [-0.25, -0.2) is 0 Å². The highest BCUT2D eigenvalue weighted by molar-refractivity contribution is 5.73. The number of ether oxygens (including phenoxy) is 1. The van der Waals surface area contributed by atoms with Crippen LogP contribution in [0.15, 0.2) is 24.3 Å². The molecule has 5 nitrogen and oxygen atoms in total. The highest BCUT2D eigenvalue weighted by Crippen LogP contribution is 2.15. The first-order valence-corrected chi connectivity index (χ1v) is 8.48. The zero-order valence-electron chi connectivity index (χ0n) is 14.5. The molecule has 0 fully saturated rings. The molecule has 5 heteroatoms. The van der Waals surface area contributed by atoms with Gasteiger partial charge in [0.1, 0.15) is 18.1 Å². The van der Waals surface area contributed by atoms with Gasteiger partial charge in [-0.3, -0.25) is 4.79 Å². The fourth-order valence-electron chi connectivity index (χ4n) is 2.60. The first kappa shape index (κ1) is 19.3. The van der Waals surface area contributed by atoms with Gasteiger partial charge in [0.2, 0.25) is 5.91 Å². The molecule has 1 rings (SSSR count). The number of amides is 1. The monoisotopic (exact) mass is 322 g/mol. The van der Waals surface area contributed by atoms with Crippen LogP contribution in [0.5, 0.6) is 11.5 Å². The summed E-state index contributed by atoms with van der Waals surface area (Å²) >= 11 is 0. The van der Waals surface area contributed by atoms with Gasteiger partial charge in [0.15, 0.2) is 0 Å². The van der Waals surface area contributed by atoms with E-state index in [-0.39, 0.29) is 11.7 Å². The molecule has 0 unspecified atom stereocenters. The zero-order valence-corrected chi connectivity index (χ0v) is 14.5. The Morgan fingerprint density at radius 1 is 1.26 bits per heavy atom. The van der Waals surface area contributed by atoms with Gasteiger partial charge in [0.05, 0.1) is 0 Å². The number of hydrogen-bond donors (Lipinski definition) is 2. The summed E-state index contributed by atoms with van der Waals surface area (Å²) in [7, 11) is 0. The molecule has 0 radical (unpaired) electrons. The molecule has 0 saturated heterocycles. The molecule has 23 heavy (non-hydrogen) atoms. The van der Waals surface area contributed by atoms with Crippen LogP contribution in [0.3, 0.4) is 0 Å². The van der Waals surface area contributed by atoms with Gasteiger partial charge in [-0.15, -0.1) is 0 Å². The second-order valence-corrected chi connectivity index (χ2v) is 5.66. The molecule has 1 amide bonds. The topological polar surface area (TPSA) is 61.8 Å². The highest BCUT2D eigenvalue weighted by atomic mass is 16.5. The number of carbonyl (C=O) groups is 1. The van der Waals surface area contributed by atoms with E-state index < -0.39 is 0 Å². The van der Waals surface area contributed by atoms with Crippen molar-refractivity contribution in [2.24, 2.45) is 0 Å². The minimum Gasteiger partial charge on any atom is -0.508 e. The molecule has 0 heterocycles. The lowest BCUT2D eigenvalue weighted by Crippen LogP contribution is -2.41. The van der Waals surface area contributed by atoms with E-state index in [9.17, 15) is 9.90 Å². The van der Waals surface area contributed by atoms with Crippen LogP contribution in [0, 0.1) is 0 Å². The Labute approximate surface area is 139 Å². The molecule has 0 aliphatic carbocycles. The largest absolute Gasteiger partial charge is 0.508 e. The predicted molar refractivity (Wildman–Crippen MR) is 92.8 cm³/mol. The van der Waals surface area contributed by atoms with Gasteiger partial charge >= 0.3 is 0 Å². The van der Waals surface area contributed by atoms with Crippen molar-refractivity contribution >= 4 is 5.91 Å². The molecule has 1 atom stereocenters. The van der Waals surface area contributed by atoms with Crippen molar-refractivity contribution in [3.05, 3.63) is 24.3 Å². The highest BCUT2D eigenvalue weighted by Gasteiger charge is 2.17. The summed E-state index contributed by atoms with van der Waals surface area (Å²) in [6, 6.07) is 7.02. The average Bonchev–Trinajstić information content (AvgIpc) is 2.54. The molecule has 0 aromatic heterocycles. The molecule has 130 valence electrons. The molecule has 1 aromatic rings. The SMILES string of the molecule is CCCN(C(C)=O)[C@H](CC)CCNCCOc1ccc(O)cc1. The number of rotatable bonds is 11. The Morgan fingerprint density at radius 2 is 1.96 bits per heavy atom. The van der Waals surface area contributed by atoms with Crippen molar-refractivity contribution in [1.29, 1.82) is 0 Å². The van der Waals surface area contributed by atoms with E-state index in [0.29, 0.717) is 12.6 Å². The van der Waals surface area contributed by atoms with E-state index in [1.165, 1.54) is 0 Å². The number of nitrogens with one attached hydrogen (secondary N) is 1. The zero-order chi connectivity index (χ0) is 17.1. The summed E-state index contributed by atoms with van der Waals surface area (Å²) in [5.41, 5.74) is 0. The summed E-state index contributed by atoms with van der Waals surface area (Å²) in [4.78, 5) is 13.7. The van der Waals surface area contributed by atoms with Crippen molar-refractivity contribution < 1.29 is 14.6 Å². The fraction of sp³-hybridized carbons (Fsp3) is 0.611. The third-order valence-corrected chi connectivity index (χ3v) is 3.82. The predicted octanol–water partition coefficient (Wildman–Crippen LogP) is 2.79. The third-order valence-electron chi connectivity index (χ3n) is 3.82.